The van der Waals surface area contributed by atoms with Crippen molar-refractivity contribution in [3.63, 3.8) is 0 Å². The van der Waals surface area contributed by atoms with Crippen molar-refractivity contribution in [3.05, 3.63) is 42.1 Å². The Kier molecular flexibility index (Phi) is 4.89. The van der Waals surface area contributed by atoms with Crippen LogP contribution in [0.5, 0.6) is 0 Å². The third-order valence-electron chi connectivity index (χ3n) is 4.93. The molecule has 1 aromatic carbocycles. The molecule has 1 amide bonds. The molecule has 0 saturated carbocycles. The van der Waals surface area contributed by atoms with Crippen LogP contribution in [-0.2, 0) is 18.3 Å². The van der Waals surface area contributed by atoms with E-state index in [9.17, 15) is 9.18 Å². The summed E-state index contributed by atoms with van der Waals surface area (Å²) in [4.78, 5) is 22.2. The van der Waals surface area contributed by atoms with Crippen molar-refractivity contribution in [2.75, 3.05) is 25.0 Å². The van der Waals surface area contributed by atoms with E-state index in [4.69, 9.17) is 0 Å². The number of likely N-dealkylation sites (tertiary alicyclic amines) is 1. The summed E-state index contributed by atoms with van der Waals surface area (Å²) in [6.45, 7) is 2.12. The molecule has 0 aliphatic carbocycles. The number of hydrogen-bond donors (Lipinski definition) is 2. The number of carbonyl (C=O) groups excluding carboxylic acids is 1. The first-order valence-electron chi connectivity index (χ1n) is 9.21. The second kappa shape index (κ2) is 7.48. The van der Waals surface area contributed by atoms with E-state index in [0.29, 0.717) is 18.3 Å². The van der Waals surface area contributed by atoms with Gasteiger partial charge in [0.1, 0.15) is 11.6 Å². The van der Waals surface area contributed by atoms with Crippen molar-refractivity contribution in [2.24, 2.45) is 13.0 Å². The molecule has 8 heteroatoms. The number of aromatic nitrogens is 4. The van der Waals surface area contributed by atoms with E-state index in [1.54, 1.807) is 23.0 Å². The quantitative estimate of drug-likeness (QED) is 0.723. The molecule has 2 aromatic heterocycles. The number of halogens is 1. The van der Waals surface area contributed by atoms with Gasteiger partial charge in [-0.05, 0) is 43.5 Å². The van der Waals surface area contributed by atoms with Crippen molar-refractivity contribution in [1.82, 2.24) is 24.6 Å². The maximum atomic E-state index is 13.3. The van der Waals surface area contributed by atoms with Crippen molar-refractivity contribution < 1.29 is 9.18 Å². The molecule has 4 rings (SSSR count). The van der Waals surface area contributed by atoms with Gasteiger partial charge >= 0.3 is 0 Å². The summed E-state index contributed by atoms with van der Waals surface area (Å²) >= 11 is 0. The fraction of sp³-hybridized carbons (Fsp3) is 0.421. The van der Waals surface area contributed by atoms with Gasteiger partial charge in [-0.25, -0.2) is 9.37 Å². The maximum absolute atomic E-state index is 13.3. The number of imidazole rings is 1. The van der Waals surface area contributed by atoms with Crippen LogP contribution in [0.2, 0.25) is 0 Å². The summed E-state index contributed by atoms with van der Waals surface area (Å²) in [5.74, 6) is 1.56. The lowest BCUT2D eigenvalue weighted by Gasteiger charge is -2.31. The molecule has 1 unspecified atom stereocenters. The van der Waals surface area contributed by atoms with E-state index in [2.05, 4.69) is 25.3 Å². The number of fused-ring (bicyclic) bond motifs is 1. The standard InChI is InChI=1S/C19H23FN6O/c1-25-8-6-17(24-25)23-19(27)12-26-7-2-3-13(11-26)9-18-21-15-5-4-14(20)10-16(15)22-18/h4-6,8,10,13H,2-3,7,9,11-12H2,1H3,(H,21,22)(H,23,24,27). The number of nitrogens with zero attached hydrogens (tertiary/aromatic N) is 4. The largest absolute Gasteiger partial charge is 0.342 e. The van der Waals surface area contributed by atoms with Crippen LogP contribution in [-0.4, -0.2) is 50.2 Å². The average Bonchev–Trinajstić information content (AvgIpc) is 3.20. The minimum atomic E-state index is -0.263. The molecule has 2 N–H and O–H groups in total. The number of anilines is 1. The molecule has 1 aliphatic heterocycles. The number of nitrogens with one attached hydrogen (secondary N) is 2. The SMILES string of the molecule is Cn1ccc(NC(=O)CN2CCCC(Cc3nc4ccc(F)cc4[nH]3)C2)n1. The number of aryl methyl sites for hydroxylation is 1. The second-order valence-electron chi connectivity index (χ2n) is 7.22. The van der Waals surface area contributed by atoms with Gasteiger partial charge in [0.25, 0.3) is 0 Å². The molecule has 1 saturated heterocycles. The number of piperidine rings is 1. The van der Waals surface area contributed by atoms with Crippen LogP contribution in [0.25, 0.3) is 11.0 Å². The van der Waals surface area contributed by atoms with E-state index in [1.807, 2.05) is 7.05 Å². The highest BCUT2D eigenvalue weighted by Gasteiger charge is 2.23. The molecule has 1 fully saturated rings. The first kappa shape index (κ1) is 17.7. The Morgan fingerprint density at radius 3 is 3.11 bits per heavy atom. The molecule has 3 aromatic rings. The number of hydrogen-bond acceptors (Lipinski definition) is 4. The molecule has 3 heterocycles. The Bertz CT molecular complexity index is 949. The lowest BCUT2D eigenvalue weighted by molar-refractivity contribution is -0.117. The van der Waals surface area contributed by atoms with E-state index >= 15 is 0 Å². The number of aromatic amines is 1. The van der Waals surface area contributed by atoms with Crippen molar-refractivity contribution in [1.29, 1.82) is 0 Å². The molecular weight excluding hydrogens is 347 g/mol. The predicted molar refractivity (Wildman–Crippen MR) is 101 cm³/mol. The monoisotopic (exact) mass is 370 g/mol. The van der Waals surface area contributed by atoms with Crippen LogP contribution in [0.4, 0.5) is 10.2 Å². The van der Waals surface area contributed by atoms with Crippen molar-refractivity contribution in [2.45, 2.75) is 19.3 Å². The Balaban J connectivity index is 1.33. The van der Waals surface area contributed by atoms with Gasteiger partial charge < -0.3 is 10.3 Å². The van der Waals surface area contributed by atoms with Gasteiger partial charge in [-0.1, -0.05) is 0 Å². The highest BCUT2D eigenvalue weighted by molar-refractivity contribution is 5.91. The molecule has 7 nitrogen and oxygen atoms in total. The van der Waals surface area contributed by atoms with Crippen LogP contribution in [0, 0.1) is 11.7 Å². The van der Waals surface area contributed by atoms with Crippen molar-refractivity contribution >= 4 is 22.8 Å². The first-order valence-corrected chi connectivity index (χ1v) is 9.21. The number of benzene rings is 1. The van der Waals surface area contributed by atoms with E-state index in [0.717, 1.165) is 49.2 Å². The Morgan fingerprint density at radius 2 is 2.30 bits per heavy atom. The number of amides is 1. The fourth-order valence-corrected chi connectivity index (χ4v) is 3.73. The van der Waals surface area contributed by atoms with Crippen LogP contribution in [0.3, 0.4) is 0 Å². The predicted octanol–water partition coefficient (Wildman–Crippen LogP) is 2.33. The molecule has 27 heavy (non-hydrogen) atoms. The number of carbonyl (C=O) groups is 1. The molecule has 0 bridgehead atoms. The Labute approximate surface area is 156 Å². The fourth-order valence-electron chi connectivity index (χ4n) is 3.73. The van der Waals surface area contributed by atoms with Gasteiger partial charge in [0, 0.05) is 32.3 Å². The summed E-state index contributed by atoms with van der Waals surface area (Å²) in [5, 5.41) is 7.00. The van der Waals surface area contributed by atoms with Crippen LogP contribution < -0.4 is 5.32 Å². The normalized spacial score (nSPS) is 18.1. The zero-order valence-corrected chi connectivity index (χ0v) is 15.3. The summed E-state index contributed by atoms with van der Waals surface area (Å²) in [6, 6.07) is 6.37. The minimum absolute atomic E-state index is 0.0476. The topological polar surface area (TPSA) is 78.8 Å². The van der Waals surface area contributed by atoms with Gasteiger partial charge in [0.05, 0.1) is 17.6 Å². The third-order valence-corrected chi connectivity index (χ3v) is 4.93. The van der Waals surface area contributed by atoms with E-state index in [1.165, 1.54) is 12.1 Å². The van der Waals surface area contributed by atoms with Gasteiger partial charge in [-0.15, -0.1) is 0 Å². The molecule has 1 aliphatic rings. The van der Waals surface area contributed by atoms with E-state index < -0.39 is 0 Å². The Morgan fingerprint density at radius 1 is 1.41 bits per heavy atom. The average molecular weight is 370 g/mol. The molecule has 142 valence electrons. The first-order chi connectivity index (χ1) is 13.0. The number of H-pyrrole nitrogens is 1. The zero-order valence-electron chi connectivity index (χ0n) is 15.3. The Hall–Kier alpha value is -2.74. The van der Waals surface area contributed by atoms with E-state index in [-0.39, 0.29) is 11.7 Å². The highest BCUT2D eigenvalue weighted by Crippen LogP contribution is 2.21. The third kappa shape index (κ3) is 4.33. The summed E-state index contributed by atoms with van der Waals surface area (Å²) in [7, 11) is 1.82. The molecule has 1 atom stereocenters. The van der Waals surface area contributed by atoms with Gasteiger partial charge in [0.2, 0.25) is 5.91 Å². The van der Waals surface area contributed by atoms with Gasteiger partial charge in [-0.2, -0.15) is 5.10 Å². The smallest absolute Gasteiger partial charge is 0.239 e. The lowest BCUT2D eigenvalue weighted by Crippen LogP contribution is -2.41. The second-order valence-corrected chi connectivity index (χ2v) is 7.22. The van der Waals surface area contributed by atoms with Crippen LogP contribution in [0.1, 0.15) is 18.7 Å². The maximum Gasteiger partial charge on any atom is 0.239 e. The van der Waals surface area contributed by atoms with Crippen LogP contribution >= 0.6 is 0 Å². The van der Waals surface area contributed by atoms with Crippen LogP contribution in [0.15, 0.2) is 30.5 Å². The molecule has 0 radical (unpaired) electrons. The lowest BCUT2D eigenvalue weighted by atomic mass is 9.94. The summed E-state index contributed by atoms with van der Waals surface area (Å²) < 4.78 is 15.0. The highest BCUT2D eigenvalue weighted by atomic mass is 19.1. The summed E-state index contributed by atoms with van der Waals surface area (Å²) in [5.41, 5.74) is 1.52. The van der Waals surface area contributed by atoms with Gasteiger partial charge in [-0.3, -0.25) is 14.4 Å². The van der Waals surface area contributed by atoms with Gasteiger partial charge in [0.15, 0.2) is 5.82 Å². The zero-order chi connectivity index (χ0) is 18.8. The summed E-state index contributed by atoms with van der Waals surface area (Å²) in [6.07, 6.45) is 4.75. The molecular formula is C19H23FN6O. The van der Waals surface area contributed by atoms with Crippen molar-refractivity contribution in [3.8, 4) is 0 Å². The number of rotatable bonds is 5. The molecule has 0 spiro atoms. The minimum Gasteiger partial charge on any atom is -0.342 e.